The molecule has 6 atom stereocenters. The molecule has 20 nitrogen and oxygen atoms in total. The monoisotopic (exact) mass is 707 g/mol. The Bertz CT molecular complexity index is 983. The highest BCUT2D eigenvalue weighted by Crippen LogP contribution is 2.50. The van der Waals surface area contributed by atoms with Crippen LogP contribution in [0.15, 0.2) is 0 Å². The van der Waals surface area contributed by atoms with Crippen molar-refractivity contribution in [1.29, 1.82) is 0 Å². The first-order chi connectivity index (χ1) is 19.8. The van der Waals surface area contributed by atoms with E-state index >= 15 is 0 Å². The second kappa shape index (κ2) is 19.7. The summed E-state index contributed by atoms with van der Waals surface area (Å²) >= 11 is 0. The number of carbonyl (C=O) groups is 2. The molecule has 1 saturated carbocycles. The number of carbonyl (C=O) groups excluding carboxylic acids is 2. The van der Waals surface area contributed by atoms with Gasteiger partial charge < -0.3 is 55.4 Å². The Labute approximate surface area is 253 Å². The van der Waals surface area contributed by atoms with Crippen LogP contribution in [0.1, 0.15) is 65.2 Å². The minimum atomic E-state index is -5.52. The van der Waals surface area contributed by atoms with Crippen LogP contribution in [0.3, 0.4) is 0 Å². The molecule has 0 aromatic rings. The standard InChI is InChI=1S/C21H41O19P3.H3N/c1-3-5-7-9-14(22)35-11-13(37-15(23)10-8-6-4-2)12-36-43(33,34)40-21-17(25)19(38-41(27,28)29)16(24)20(18(21)26)39-42(30,31)32;/h13,16-21,24-26H,3-12H2,1-2H3,(H,33,34)(H2,27,28,29)(H2,30,31,32);1H3. The smallest absolute Gasteiger partial charge is 0.462 e. The zero-order valence-electron chi connectivity index (χ0n) is 24.2. The third-order valence-electron chi connectivity index (χ3n) is 5.91. The Balaban J connectivity index is 0.0000185. The van der Waals surface area contributed by atoms with E-state index in [0.29, 0.717) is 19.3 Å². The first kappa shape index (κ1) is 43.1. The SMILES string of the molecule is CCCCCC(=O)OCC(COP(=O)(O)OC1C(O)C(OP(=O)(O)O)C(O)C(OP(=O)(O)O)C1O)OC(=O)CCCCC.N. The lowest BCUT2D eigenvalue weighted by Crippen LogP contribution is -2.65. The first-order valence-electron chi connectivity index (χ1n) is 13.3. The summed E-state index contributed by atoms with van der Waals surface area (Å²) in [6, 6.07) is 0. The maximum atomic E-state index is 12.7. The average Bonchev–Trinajstić information content (AvgIpc) is 2.88. The normalized spacial score (nSPS) is 26.2. The van der Waals surface area contributed by atoms with E-state index in [4.69, 9.17) is 38.1 Å². The van der Waals surface area contributed by atoms with Crippen molar-refractivity contribution in [2.24, 2.45) is 0 Å². The van der Waals surface area contributed by atoms with Gasteiger partial charge in [-0.25, -0.2) is 13.7 Å². The zero-order chi connectivity index (χ0) is 33.0. The minimum Gasteiger partial charge on any atom is -0.462 e. The zero-order valence-corrected chi connectivity index (χ0v) is 26.9. The van der Waals surface area contributed by atoms with Crippen LogP contribution in [0.25, 0.3) is 0 Å². The highest BCUT2D eigenvalue weighted by atomic mass is 31.2. The fourth-order valence-corrected chi connectivity index (χ4v) is 5.98. The summed E-state index contributed by atoms with van der Waals surface area (Å²) < 4.78 is 63.7. The third-order valence-corrected chi connectivity index (χ3v) is 7.93. The maximum Gasteiger partial charge on any atom is 0.472 e. The van der Waals surface area contributed by atoms with E-state index < -0.39 is 91.3 Å². The topological polar surface area (TPSA) is 338 Å². The Morgan fingerprint density at radius 1 is 0.659 bits per heavy atom. The molecule has 0 bridgehead atoms. The molecule has 1 fully saturated rings. The second-order valence-electron chi connectivity index (χ2n) is 9.64. The largest absolute Gasteiger partial charge is 0.472 e. The van der Waals surface area contributed by atoms with Crippen molar-refractivity contribution in [1.82, 2.24) is 6.15 Å². The number of rotatable bonds is 20. The third kappa shape index (κ3) is 16.6. The minimum absolute atomic E-state index is 0. The van der Waals surface area contributed by atoms with Crippen molar-refractivity contribution in [3.8, 4) is 0 Å². The summed E-state index contributed by atoms with van der Waals surface area (Å²) in [4.78, 5) is 70.9. The summed E-state index contributed by atoms with van der Waals surface area (Å²) in [5.74, 6) is -1.37. The molecule has 0 aromatic carbocycles. The molecule has 1 aliphatic carbocycles. The Morgan fingerprint density at radius 2 is 1.07 bits per heavy atom. The van der Waals surface area contributed by atoms with E-state index in [1.165, 1.54) is 0 Å². The van der Waals surface area contributed by atoms with Crippen molar-refractivity contribution in [2.75, 3.05) is 13.2 Å². The van der Waals surface area contributed by atoms with E-state index in [2.05, 4.69) is 9.05 Å². The lowest BCUT2D eigenvalue weighted by molar-refractivity contribution is -0.213. The van der Waals surface area contributed by atoms with Crippen LogP contribution in [-0.4, -0.2) is 108 Å². The van der Waals surface area contributed by atoms with Gasteiger partial charge in [0, 0.05) is 12.8 Å². The summed E-state index contributed by atoms with van der Waals surface area (Å²) in [6.45, 7) is 2.32. The fourth-order valence-electron chi connectivity index (χ4n) is 3.88. The molecule has 44 heavy (non-hydrogen) atoms. The highest BCUT2D eigenvalue weighted by molar-refractivity contribution is 7.47. The van der Waals surface area contributed by atoms with Gasteiger partial charge in [-0.3, -0.25) is 27.7 Å². The predicted molar refractivity (Wildman–Crippen MR) is 147 cm³/mol. The van der Waals surface area contributed by atoms with Crippen molar-refractivity contribution >= 4 is 35.4 Å². The van der Waals surface area contributed by atoms with E-state index in [0.717, 1.165) is 19.3 Å². The van der Waals surface area contributed by atoms with Gasteiger partial charge in [0.1, 0.15) is 43.2 Å². The molecule has 0 saturated heterocycles. The van der Waals surface area contributed by atoms with Crippen LogP contribution >= 0.6 is 23.5 Å². The van der Waals surface area contributed by atoms with Crippen LogP contribution in [0.4, 0.5) is 0 Å². The van der Waals surface area contributed by atoms with Crippen LogP contribution in [-0.2, 0) is 50.9 Å². The van der Waals surface area contributed by atoms with Crippen molar-refractivity contribution in [2.45, 2.75) is 108 Å². The van der Waals surface area contributed by atoms with Crippen LogP contribution in [0, 0.1) is 0 Å². The Kier molecular flexibility index (Phi) is 19.3. The van der Waals surface area contributed by atoms with Gasteiger partial charge in [0.2, 0.25) is 0 Å². The number of phosphoric ester groups is 3. The molecular weight excluding hydrogens is 663 g/mol. The molecule has 0 aliphatic heterocycles. The predicted octanol–water partition coefficient (Wildman–Crippen LogP) is 0.318. The van der Waals surface area contributed by atoms with E-state index in [1.807, 2.05) is 13.8 Å². The molecule has 1 rings (SSSR count). The molecule has 6 unspecified atom stereocenters. The van der Waals surface area contributed by atoms with Gasteiger partial charge in [-0.05, 0) is 12.8 Å². The maximum absolute atomic E-state index is 12.7. The van der Waals surface area contributed by atoms with Gasteiger partial charge in [0.25, 0.3) is 0 Å². The molecule has 0 heterocycles. The Morgan fingerprint density at radius 3 is 1.48 bits per heavy atom. The summed E-state index contributed by atoms with van der Waals surface area (Å²) in [5, 5.41) is 31.2. The van der Waals surface area contributed by atoms with Crippen molar-refractivity contribution < 1.29 is 90.6 Å². The molecule has 23 heteroatoms. The van der Waals surface area contributed by atoms with Gasteiger partial charge >= 0.3 is 35.4 Å². The van der Waals surface area contributed by atoms with E-state index in [1.54, 1.807) is 0 Å². The number of ether oxygens (including phenoxy) is 2. The molecular formula is C21H44NO19P3. The van der Waals surface area contributed by atoms with Crippen molar-refractivity contribution in [3.63, 3.8) is 0 Å². The van der Waals surface area contributed by atoms with Gasteiger partial charge in [0.05, 0.1) is 6.61 Å². The molecule has 1 aliphatic rings. The summed E-state index contributed by atoms with van der Waals surface area (Å²) in [6.07, 6.45) is -12.2. The van der Waals surface area contributed by atoms with Crippen molar-refractivity contribution in [3.05, 3.63) is 0 Å². The van der Waals surface area contributed by atoms with Crippen LogP contribution in [0.2, 0.25) is 0 Å². The quantitative estimate of drug-likeness (QED) is 0.0467. The average molecular weight is 707 g/mol. The lowest BCUT2D eigenvalue weighted by Gasteiger charge is -2.44. The number of unbranched alkanes of at least 4 members (excludes halogenated alkanes) is 4. The number of aliphatic hydroxyl groups is 3. The lowest BCUT2D eigenvalue weighted by atomic mass is 9.85. The van der Waals surface area contributed by atoms with Gasteiger partial charge in [-0.15, -0.1) is 0 Å². The Hall–Kier alpha value is -0.890. The van der Waals surface area contributed by atoms with Gasteiger partial charge in [-0.1, -0.05) is 39.5 Å². The molecule has 0 aromatic heterocycles. The molecule has 0 amide bonds. The summed E-state index contributed by atoms with van der Waals surface area (Å²) in [5.41, 5.74) is 0. The highest BCUT2D eigenvalue weighted by Gasteiger charge is 2.56. The molecule has 0 spiro atoms. The number of phosphoric acid groups is 3. The number of aliphatic hydroxyl groups excluding tert-OH is 3. The fraction of sp³-hybridized carbons (Fsp3) is 0.905. The van der Waals surface area contributed by atoms with Crippen LogP contribution < -0.4 is 6.15 Å². The molecule has 262 valence electrons. The number of hydrogen-bond donors (Lipinski definition) is 9. The van der Waals surface area contributed by atoms with Gasteiger partial charge in [-0.2, -0.15) is 0 Å². The van der Waals surface area contributed by atoms with E-state index in [-0.39, 0.29) is 19.0 Å². The second-order valence-corrected chi connectivity index (χ2v) is 13.4. The molecule has 0 radical (unpaired) electrons. The van der Waals surface area contributed by atoms with Gasteiger partial charge in [0.15, 0.2) is 6.10 Å². The summed E-state index contributed by atoms with van der Waals surface area (Å²) in [7, 11) is -16.5. The first-order valence-corrected chi connectivity index (χ1v) is 17.9. The number of esters is 2. The number of hydrogen-bond acceptors (Lipinski definition) is 15. The van der Waals surface area contributed by atoms with E-state index in [9.17, 15) is 43.5 Å². The molecule has 11 N–H and O–H groups in total. The van der Waals surface area contributed by atoms with Crippen LogP contribution in [0.5, 0.6) is 0 Å².